The first-order chi connectivity index (χ1) is 17.8. The minimum Gasteiger partial charge on any atom is -0.493 e. The number of hydrogen-bond donors (Lipinski definition) is 0. The maximum atomic E-state index is 13.6. The summed E-state index contributed by atoms with van der Waals surface area (Å²) in [5.74, 6) is 0.0430. The number of allylic oxidation sites excluding steroid dienone is 1. The highest BCUT2D eigenvalue weighted by molar-refractivity contribution is 6.12. The van der Waals surface area contributed by atoms with Crippen LogP contribution in [0.15, 0.2) is 70.9 Å². The molecule has 2 aromatic rings. The topological polar surface area (TPSA) is 74.2 Å². The van der Waals surface area contributed by atoms with E-state index in [1.54, 1.807) is 0 Å². The van der Waals surface area contributed by atoms with Crippen LogP contribution in [0.3, 0.4) is 0 Å². The normalized spacial score (nSPS) is 20.6. The first-order valence-corrected chi connectivity index (χ1v) is 13.2. The van der Waals surface area contributed by atoms with Gasteiger partial charge in [0.05, 0.1) is 18.1 Å². The SMILES string of the molecule is CCCCOc1ccccc1[C@H]1C(C(=O)OCCOc2ccccc2)=C(C)N=C2CC(C)(C)CC(=O)C21. The predicted octanol–water partition coefficient (Wildman–Crippen LogP) is 6.31. The van der Waals surface area contributed by atoms with E-state index in [0.29, 0.717) is 42.2 Å². The quantitative estimate of drug-likeness (QED) is 0.281. The number of benzene rings is 2. The lowest BCUT2D eigenvalue weighted by Crippen LogP contribution is -2.44. The summed E-state index contributed by atoms with van der Waals surface area (Å²) in [6.45, 7) is 9.03. The maximum absolute atomic E-state index is 13.6. The molecule has 2 aromatic carbocycles. The number of nitrogens with zero attached hydrogens (tertiary/aromatic N) is 1. The van der Waals surface area contributed by atoms with Gasteiger partial charge in [0.2, 0.25) is 0 Å². The molecule has 1 unspecified atom stereocenters. The van der Waals surface area contributed by atoms with E-state index in [0.717, 1.165) is 24.1 Å². The third kappa shape index (κ3) is 6.30. The highest BCUT2D eigenvalue weighted by atomic mass is 16.6. The Morgan fingerprint density at radius 1 is 0.946 bits per heavy atom. The average Bonchev–Trinajstić information content (AvgIpc) is 2.86. The Labute approximate surface area is 219 Å². The molecule has 1 fully saturated rings. The molecule has 0 amide bonds. The summed E-state index contributed by atoms with van der Waals surface area (Å²) in [5.41, 5.74) is 2.53. The van der Waals surface area contributed by atoms with Crippen LogP contribution in [-0.2, 0) is 14.3 Å². The number of esters is 1. The second-order valence-electron chi connectivity index (χ2n) is 10.6. The summed E-state index contributed by atoms with van der Waals surface area (Å²) in [6, 6.07) is 17.1. The van der Waals surface area contributed by atoms with Crippen LogP contribution in [0.2, 0.25) is 0 Å². The van der Waals surface area contributed by atoms with Gasteiger partial charge in [-0.1, -0.05) is 63.6 Å². The predicted molar refractivity (Wildman–Crippen MR) is 144 cm³/mol. The summed E-state index contributed by atoms with van der Waals surface area (Å²) in [6.07, 6.45) is 3.09. The average molecular weight is 504 g/mol. The molecule has 0 saturated heterocycles. The van der Waals surface area contributed by atoms with Gasteiger partial charge in [-0.25, -0.2) is 4.79 Å². The number of para-hydroxylation sites is 2. The van der Waals surface area contributed by atoms with E-state index < -0.39 is 17.8 Å². The van der Waals surface area contributed by atoms with Crippen molar-refractivity contribution in [2.24, 2.45) is 16.3 Å². The van der Waals surface area contributed by atoms with Gasteiger partial charge in [0.1, 0.15) is 30.5 Å². The summed E-state index contributed by atoms with van der Waals surface area (Å²) in [7, 11) is 0. The molecule has 1 heterocycles. The van der Waals surface area contributed by atoms with Gasteiger partial charge in [-0.05, 0) is 43.4 Å². The summed E-state index contributed by atoms with van der Waals surface area (Å²) >= 11 is 0. The molecule has 196 valence electrons. The van der Waals surface area contributed by atoms with Crippen molar-refractivity contribution in [2.45, 2.75) is 59.3 Å². The summed E-state index contributed by atoms with van der Waals surface area (Å²) in [5, 5.41) is 0. The number of carbonyl (C=O) groups excluding carboxylic acids is 2. The van der Waals surface area contributed by atoms with E-state index >= 15 is 0 Å². The fraction of sp³-hybridized carbons (Fsp3) is 0.452. The minimum atomic E-state index is -0.504. The zero-order valence-corrected chi connectivity index (χ0v) is 22.3. The minimum absolute atomic E-state index is 0.0914. The number of unbranched alkanes of at least 4 members (excludes halogenated alkanes) is 1. The van der Waals surface area contributed by atoms with Crippen LogP contribution in [0.5, 0.6) is 11.5 Å². The van der Waals surface area contributed by atoms with Gasteiger partial charge < -0.3 is 14.2 Å². The number of carbonyl (C=O) groups is 2. The zero-order chi connectivity index (χ0) is 26.4. The highest BCUT2D eigenvalue weighted by Crippen LogP contribution is 2.48. The van der Waals surface area contributed by atoms with Crippen LogP contribution in [0.25, 0.3) is 0 Å². The van der Waals surface area contributed by atoms with E-state index in [9.17, 15) is 9.59 Å². The molecular formula is C31H37NO5. The summed E-state index contributed by atoms with van der Waals surface area (Å²) in [4.78, 5) is 31.9. The number of ketones is 1. The van der Waals surface area contributed by atoms with E-state index in [4.69, 9.17) is 19.2 Å². The van der Waals surface area contributed by atoms with Gasteiger partial charge >= 0.3 is 5.97 Å². The monoisotopic (exact) mass is 503 g/mol. The van der Waals surface area contributed by atoms with Crippen molar-refractivity contribution in [1.82, 2.24) is 0 Å². The molecule has 2 atom stereocenters. The van der Waals surface area contributed by atoms with Crippen LogP contribution < -0.4 is 9.47 Å². The number of fused-ring (bicyclic) bond motifs is 1. The van der Waals surface area contributed by atoms with Crippen molar-refractivity contribution in [3.63, 3.8) is 0 Å². The first-order valence-electron chi connectivity index (χ1n) is 13.2. The number of aliphatic imine (C=N–C) groups is 1. The Morgan fingerprint density at radius 2 is 1.68 bits per heavy atom. The van der Waals surface area contributed by atoms with Crippen LogP contribution in [0, 0.1) is 11.3 Å². The van der Waals surface area contributed by atoms with Crippen LogP contribution in [0.4, 0.5) is 0 Å². The molecule has 37 heavy (non-hydrogen) atoms. The van der Waals surface area contributed by atoms with Crippen molar-refractivity contribution in [3.05, 3.63) is 71.4 Å². The molecule has 0 bridgehead atoms. The number of Topliss-reactive ketones (excluding diaryl/α,β-unsaturated/α-hetero) is 1. The van der Waals surface area contributed by atoms with E-state index in [1.807, 2.05) is 61.5 Å². The van der Waals surface area contributed by atoms with Crippen LogP contribution in [0.1, 0.15) is 64.9 Å². The Morgan fingerprint density at radius 3 is 2.43 bits per heavy atom. The van der Waals surface area contributed by atoms with Crippen LogP contribution >= 0.6 is 0 Å². The van der Waals surface area contributed by atoms with Crippen molar-refractivity contribution in [3.8, 4) is 11.5 Å². The molecule has 0 aromatic heterocycles. The molecule has 1 aliphatic heterocycles. The Balaban J connectivity index is 1.64. The van der Waals surface area contributed by atoms with E-state index in [-0.39, 0.29) is 24.4 Å². The largest absolute Gasteiger partial charge is 0.493 e. The lowest BCUT2D eigenvalue weighted by molar-refractivity contribution is -0.140. The molecule has 6 heteroatoms. The summed E-state index contributed by atoms with van der Waals surface area (Å²) < 4.78 is 17.5. The highest BCUT2D eigenvalue weighted by Gasteiger charge is 2.48. The van der Waals surface area contributed by atoms with Crippen molar-refractivity contribution >= 4 is 17.5 Å². The molecule has 0 radical (unpaired) electrons. The number of ether oxygens (including phenoxy) is 3. The molecule has 1 saturated carbocycles. The maximum Gasteiger partial charge on any atom is 0.336 e. The van der Waals surface area contributed by atoms with Gasteiger partial charge in [0, 0.05) is 29.3 Å². The lowest BCUT2D eigenvalue weighted by atomic mass is 9.63. The van der Waals surface area contributed by atoms with Crippen molar-refractivity contribution in [1.29, 1.82) is 0 Å². The van der Waals surface area contributed by atoms with E-state index in [1.165, 1.54) is 0 Å². The van der Waals surface area contributed by atoms with Gasteiger partial charge in [-0.2, -0.15) is 0 Å². The van der Waals surface area contributed by atoms with Crippen LogP contribution in [-0.4, -0.2) is 37.3 Å². The van der Waals surface area contributed by atoms with Crippen molar-refractivity contribution < 1.29 is 23.8 Å². The van der Waals surface area contributed by atoms with Gasteiger partial charge in [-0.3, -0.25) is 9.79 Å². The Kier molecular flexibility index (Phi) is 8.47. The van der Waals surface area contributed by atoms with Gasteiger partial charge in [0.15, 0.2) is 0 Å². The van der Waals surface area contributed by atoms with Gasteiger partial charge in [-0.15, -0.1) is 0 Å². The third-order valence-electron chi connectivity index (χ3n) is 6.92. The second-order valence-corrected chi connectivity index (χ2v) is 10.6. The smallest absolute Gasteiger partial charge is 0.336 e. The Hall–Kier alpha value is -3.41. The molecule has 0 spiro atoms. The lowest BCUT2D eigenvalue weighted by Gasteiger charge is -2.41. The van der Waals surface area contributed by atoms with E-state index in [2.05, 4.69) is 20.8 Å². The number of rotatable bonds is 10. The standard InChI is InChI=1S/C31H37NO5/c1-5-6-16-36-26-15-11-10-14-23(26)28-27(30(34)37-18-17-35-22-12-8-7-9-13-22)21(2)32-24-19-31(3,4)20-25(33)29(24)28/h7-15,28-29H,5-6,16-20H2,1-4H3/t28-,29?/m0/s1. The number of hydrogen-bond acceptors (Lipinski definition) is 6. The molecular weight excluding hydrogens is 466 g/mol. The molecule has 4 rings (SSSR count). The molecule has 2 aliphatic rings. The zero-order valence-electron chi connectivity index (χ0n) is 22.3. The Bertz CT molecular complexity index is 1180. The molecule has 0 N–H and O–H groups in total. The first kappa shape index (κ1) is 26.6. The fourth-order valence-corrected chi connectivity index (χ4v) is 5.28. The fourth-order valence-electron chi connectivity index (χ4n) is 5.28. The molecule has 6 nitrogen and oxygen atoms in total. The molecule has 1 aliphatic carbocycles. The van der Waals surface area contributed by atoms with Gasteiger partial charge in [0.25, 0.3) is 0 Å². The third-order valence-corrected chi connectivity index (χ3v) is 6.92. The second kappa shape index (κ2) is 11.8. The van der Waals surface area contributed by atoms with Crippen molar-refractivity contribution in [2.75, 3.05) is 19.8 Å².